The van der Waals surface area contributed by atoms with Gasteiger partial charge in [0.2, 0.25) is 0 Å². The number of piperazine rings is 1. The molecule has 1 aliphatic heterocycles. The maximum atomic E-state index is 5.74. The number of hydrogen-bond donors (Lipinski definition) is 0. The molecule has 0 radical (unpaired) electrons. The summed E-state index contributed by atoms with van der Waals surface area (Å²) in [5, 5.41) is 0. The molecule has 1 saturated heterocycles. The number of hydrogen-bond acceptors (Lipinski definition) is 4. The van der Waals surface area contributed by atoms with Gasteiger partial charge in [0.1, 0.15) is 18.1 Å². The van der Waals surface area contributed by atoms with E-state index in [9.17, 15) is 0 Å². The van der Waals surface area contributed by atoms with Crippen LogP contribution >= 0.6 is 0 Å². The van der Waals surface area contributed by atoms with Crippen LogP contribution in [0.25, 0.3) is 0 Å². The third-order valence-electron chi connectivity index (χ3n) is 3.31. The molecule has 0 amide bonds. The third-order valence-corrected chi connectivity index (χ3v) is 3.31. The van der Waals surface area contributed by atoms with Gasteiger partial charge >= 0.3 is 0 Å². The zero-order valence-corrected chi connectivity index (χ0v) is 11.3. The van der Waals surface area contributed by atoms with Crippen molar-refractivity contribution in [1.29, 1.82) is 0 Å². The zero-order chi connectivity index (χ0) is 12.8. The second kappa shape index (κ2) is 6.61. The lowest BCUT2D eigenvalue weighted by Crippen LogP contribution is -2.45. The second-order valence-electron chi connectivity index (χ2n) is 4.67. The largest absolute Gasteiger partial charge is 0.497 e. The standard InChI is InChI=1S/C14H22N2O2/c1-15-6-8-16(9-7-15)10-11-18-14-5-3-4-13(12-14)17-2/h3-5,12H,6-11H2,1-2H3. The lowest BCUT2D eigenvalue weighted by Gasteiger charge is -2.32. The first-order chi connectivity index (χ1) is 8.78. The number of likely N-dealkylation sites (N-methyl/N-ethyl adjacent to an activating group) is 1. The van der Waals surface area contributed by atoms with Gasteiger partial charge < -0.3 is 14.4 Å². The van der Waals surface area contributed by atoms with Gasteiger partial charge in [-0.05, 0) is 19.2 Å². The Morgan fingerprint density at radius 3 is 2.56 bits per heavy atom. The van der Waals surface area contributed by atoms with E-state index in [1.54, 1.807) is 7.11 Å². The lowest BCUT2D eigenvalue weighted by molar-refractivity contribution is 0.133. The molecule has 0 N–H and O–H groups in total. The first kappa shape index (κ1) is 13.2. The normalized spacial score (nSPS) is 17.7. The van der Waals surface area contributed by atoms with Crippen LogP contribution in [-0.2, 0) is 0 Å². The molecule has 0 spiro atoms. The second-order valence-corrected chi connectivity index (χ2v) is 4.67. The molecule has 0 aliphatic carbocycles. The summed E-state index contributed by atoms with van der Waals surface area (Å²) in [6.45, 7) is 6.30. The van der Waals surface area contributed by atoms with Crippen LogP contribution < -0.4 is 9.47 Å². The molecule has 1 aromatic rings. The van der Waals surface area contributed by atoms with Gasteiger partial charge in [0.25, 0.3) is 0 Å². The van der Waals surface area contributed by atoms with E-state index >= 15 is 0 Å². The minimum absolute atomic E-state index is 0.733. The van der Waals surface area contributed by atoms with Crippen LogP contribution in [0.4, 0.5) is 0 Å². The predicted molar refractivity (Wildman–Crippen MR) is 72.4 cm³/mol. The third kappa shape index (κ3) is 3.89. The fraction of sp³-hybridized carbons (Fsp3) is 0.571. The van der Waals surface area contributed by atoms with Crippen molar-refractivity contribution in [2.24, 2.45) is 0 Å². The van der Waals surface area contributed by atoms with Gasteiger partial charge in [-0.15, -0.1) is 0 Å². The van der Waals surface area contributed by atoms with Crippen LogP contribution in [0, 0.1) is 0 Å². The van der Waals surface area contributed by atoms with Crippen LogP contribution in [0.3, 0.4) is 0 Å². The molecule has 1 fully saturated rings. The molecule has 0 atom stereocenters. The number of methoxy groups -OCH3 is 1. The monoisotopic (exact) mass is 250 g/mol. The fourth-order valence-electron chi connectivity index (χ4n) is 2.06. The summed E-state index contributed by atoms with van der Waals surface area (Å²) in [4.78, 5) is 4.81. The number of ether oxygens (including phenoxy) is 2. The maximum Gasteiger partial charge on any atom is 0.123 e. The van der Waals surface area contributed by atoms with Crippen molar-refractivity contribution in [2.45, 2.75) is 0 Å². The van der Waals surface area contributed by atoms with Gasteiger partial charge in [-0.3, -0.25) is 4.90 Å². The number of nitrogens with zero attached hydrogens (tertiary/aromatic N) is 2. The summed E-state index contributed by atoms with van der Waals surface area (Å²) in [5.41, 5.74) is 0. The average molecular weight is 250 g/mol. The quantitative estimate of drug-likeness (QED) is 0.787. The van der Waals surface area contributed by atoms with Gasteiger partial charge in [-0.25, -0.2) is 0 Å². The SMILES string of the molecule is COc1cccc(OCCN2CCN(C)CC2)c1. The molecule has 0 unspecified atom stereocenters. The molecule has 1 aliphatic rings. The molecule has 4 nitrogen and oxygen atoms in total. The van der Waals surface area contributed by atoms with Crippen LogP contribution in [0.15, 0.2) is 24.3 Å². The highest BCUT2D eigenvalue weighted by Gasteiger charge is 2.13. The Hall–Kier alpha value is -1.26. The van der Waals surface area contributed by atoms with E-state index in [4.69, 9.17) is 9.47 Å². The van der Waals surface area contributed by atoms with E-state index in [0.717, 1.165) is 50.8 Å². The molecule has 0 bridgehead atoms. The summed E-state index contributed by atoms with van der Waals surface area (Å²) in [5.74, 6) is 1.72. The summed E-state index contributed by atoms with van der Waals surface area (Å²) >= 11 is 0. The van der Waals surface area contributed by atoms with Crippen molar-refractivity contribution < 1.29 is 9.47 Å². The van der Waals surface area contributed by atoms with Gasteiger partial charge in [-0.2, -0.15) is 0 Å². The Bertz CT molecular complexity index is 363. The Morgan fingerprint density at radius 1 is 1.11 bits per heavy atom. The van der Waals surface area contributed by atoms with Crippen molar-refractivity contribution in [3.63, 3.8) is 0 Å². The predicted octanol–water partition coefficient (Wildman–Crippen LogP) is 1.32. The summed E-state index contributed by atoms with van der Waals surface area (Å²) < 4.78 is 10.9. The van der Waals surface area contributed by atoms with Crippen molar-refractivity contribution in [2.75, 3.05) is 53.5 Å². The van der Waals surface area contributed by atoms with Crippen LogP contribution in [0.5, 0.6) is 11.5 Å². The van der Waals surface area contributed by atoms with E-state index in [0.29, 0.717) is 0 Å². The van der Waals surface area contributed by atoms with Crippen LogP contribution in [0.2, 0.25) is 0 Å². The smallest absolute Gasteiger partial charge is 0.123 e. The van der Waals surface area contributed by atoms with Crippen molar-refractivity contribution in [3.8, 4) is 11.5 Å². The van der Waals surface area contributed by atoms with E-state index in [-0.39, 0.29) is 0 Å². The topological polar surface area (TPSA) is 24.9 Å². The highest BCUT2D eigenvalue weighted by Crippen LogP contribution is 2.18. The Morgan fingerprint density at radius 2 is 1.83 bits per heavy atom. The summed E-state index contributed by atoms with van der Waals surface area (Å²) in [6.07, 6.45) is 0. The lowest BCUT2D eigenvalue weighted by atomic mass is 10.3. The minimum atomic E-state index is 0.733. The average Bonchev–Trinajstić information content (AvgIpc) is 2.41. The van der Waals surface area contributed by atoms with Crippen LogP contribution in [-0.4, -0.2) is 63.3 Å². The molecule has 4 heteroatoms. The Kier molecular flexibility index (Phi) is 4.84. The molecule has 0 saturated carbocycles. The van der Waals surface area contributed by atoms with E-state index in [1.165, 1.54) is 0 Å². The number of rotatable bonds is 5. The van der Waals surface area contributed by atoms with Crippen LogP contribution in [0.1, 0.15) is 0 Å². The van der Waals surface area contributed by atoms with E-state index < -0.39 is 0 Å². The number of benzene rings is 1. The molecule has 1 aromatic carbocycles. The molecule has 0 aromatic heterocycles. The first-order valence-corrected chi connectivity index (χ1v) is 6.45. The highest BCUT2D eigenvalue weighted by molar-refractivity contribution is 5.32. The summed E-state index contributed by atoms with van der Waals surface area (Å²) in [6, 6.07) is 7.76. The molecule has 2 rings (SSSR count). The van der Waals surface area contributed by atoms with Gasteiger partial charge in [0.15, 0.2) is 0 Å². The molecular formula is C14H22N2O2. The molecular weight excluding hydrogens is 228 g/mol. The van der Waals surface area contributed by atoms with E-state index in [2.05, 4.69) is 16.8 Å². The van der Waals surface area contributed by atoms with Crippen molar-refractivity contribution in [3.05, 3.63) is 24.3 Å². The zero-order valence-electron chi connectivity index (χ0n) is 11.3. The summed E-state index contributed by atoms with van der Waals surface area (Å²) in [7, 11) is 3.84. The van der Waals surface area contributed by atoms with Crippen molar-refractivity contribution >= 4 is 0 Å². The molecule has 100 valence electrons. The minimum Gasteiger partial charge on any atom is -0.497 e. The fourth-order valence-corrected chi connectivity index (χ4v) is 2.06. The highest BCUT2D eigenvalue weighted by atomic mass is 16.5. The van der Waals surface area contributed by atoms with Gasteiger partial charge in [0, 0.05) is 38.8 Å². The van der Waals surface area contributed by atoms with Crippen molar-refractivity contribution in [1.82, 2.24) is 9.80 Å². The molecule has 1 heterocycles. The molecule has 18 heavy (non-hydrogen) atoms. The maximum absolute atomic E-state index is 5.74. The first-order valence-electron chi connectivity index (χ1n) is 6.45. The Balaban J connectivity index is 1.71. The van der Waals surface area contributed by atoms with E-state index in [1.807, 2.05) is 24.3 Å². The van der Waals surface area contributed by atoms with Gasteiger partial charge in [-0.1, -0.05) is 6.07 Å². The van der Waals surface area contributed by atoms with Gasteiger partial charge in [0.05, 0.1) is 7.11 Å². The Labute approximate surface area is 109 Å².